The predicted molar refractivity (Wildman–Crippen MR) is 53.4 cm³/mol. The normalized spacial score (nSPS) is 21.6. The molecule has 1 aliphatic rings. The molecule has 0 N–H and O–H groups in total. The number of hydrogen-bond donors (Lipinski definition) is 0. The Hall–Kier alpha value is -1.56. The molecule has 1 aliphatic heterocycles. The molecule has 0 bridgehead atoms. The van der Waals surface area contributed by atoms with Crippen LogP contribution in [0.3, 0.4) is 0 Å². The zero-order valence-corrected chi connectivity index (χ0v) is 8.06. The lowest BCUT2D eigenvalue weighted by atomic mass is 9.95. The molecule has 1 aromatic heterocycles. The van der Waals surface area contributed by atoms with E-state index in [1.54, 1.807) is 0 Å². The highest BCUT2D eigenvalue weighted by atomic mass is 15.1. The van der Waals surface area contributed by atoms with Gasteiger partial charge in [0.15, 0.2) is 6.19 Å². The van der Waals surface area contributed by atoms with E-state index in [1.165, 1.54) is 0 Å². The van der Waals surface area contributed by atoms with E-state index in [0.717, 1.165) is 31.6 Å². The average molecular weight is 187 g/mol. The highest BCUT2D eigenvalue weighted by molar-refractivity contribution is 5.11. The number of likely N-dealkylation sites (tertiary alicyclic amines) is 1. The van der Waals surface area contributed by atoms with E-state index in [-0.39, 0.29) is 0 Å². The Kier molecular flexibility index (Phi) is 2.64. The van der Waals surface area contributed by atoms with Gasteiger partial charge in [-0.25, -0.2) is 0 Å². The third-order valence-electron chi connectivity index (χ3n) is 2.67. The van der Waals surface area contributed by atoms with Crippen LogP contribution in [0.2, 0.25) is 0 Å². The number of pyridine rings is 1. The van der Waals surface area contributed by atoms with Gasteiger partial charge in [0, 0.05) is 30.9 Å². The lowest BCUT2D eigenvalue weighted by Gasteiger charge is -2.28. The fourth-order valence-electron chi connectivity index (χ4n) is 1.93. The largest absolute Gasteiger partial charge is 0.310 e. The van der Waals surface area contributed by atoms with E-state index in [0.29, 0.717) is 5.92 Å². The first-order valence-electron chi connectivity index (χ1n) is 4.96. The number of rotatable bonds is 1. The van der Waals surface area contributed by atoms with Crippen molar-refractivity contribution in [2.24, 2.45) is 0 Å². The van der Waals surface area contributed by atoms with Crippen LogP contribution < -0.4 is 0 Å². The molecule has 72 valence electrons. The minimum atomic E-state index is 0.435. The molecule has 0 saturated carbocycles. The summed E-state index contributed by atoms with van der Waals surface area (Å²) in [5, 5.41) is 8.81. The molecule has 3 heteroatoms. The Bertz CT molecular complexity index is 328. The van der Waals surface area contributed by atoms with Crippen molar-refractivity contribution in [3.8, 4) is 6.19 Å². The van der Waals surface area contributed by atoms with Gasteiger partial charge in [-0.2, -0.15) is 5.26 Å². The summed E-state index contributed by atoms with van der Waals surface area (Å²) in [6.07, 6.45) is 6.27. The molecule has 1 fully saturated rings. The molecule has 0 aromatic carbocycles. The van der Waals surface area contributed by atoms with Gasteiger partial charge in [-0.1, -0.05) is 6.07 Å². The maximum Gasteiger partial charge on any atom is 0.179 e. The molecule has 14 heavy (non-hydrogen) atoms. The SMILES string of the molecule is N#CN1CCCC(c2ccccn2)C1. The van der Waals surface area contributed by atoms with Crippen LogP contribution in [0.15, 0.2) is 24.4 Å². The van der Waals surface area contributed by atoms with Gasteiger partial charge >= 0.3 is 0 Å². The molecular weight excluding hydrogens is 174 g/mol. The molecule has 0 radical (unpaired) electrons. The number of aromatic nitrogens is 1. The van der Waals surface area contributed by atoms with E-state index in [9.17, 15) is 0 Å². The van der Waals surface area contributed by atoms with Crippen molar-refractivity contribution >= 4 is 0 Å². The monoisotopic (exact) mass is 187 g/mol. The van der Waals surface area contributed by atoms with Crippen LogP contribution in [0.4, 0.5) is 0 Å². The van der Waals surface area contributed by atoms with Crippen LogP contribution in [0, 0.1) is 11.5 Å². The predicted octanol–water partition coefficient (Wildman–Crippen LogP) is 1.74. The number of piperidine rings is 1. The van der Waals surface area contributed by atoms with Gasteiger partial charge < -0.3 is 4.90 Å². The fraction of sp³-hybridized carbons (Fsp3) is 0.455. The van der Waals surface area contributed by atoms with Gasteiger partial charge in [0.05, 0.1) is 0 Å². The van der Waals surface area contributed by atoms with Crippen LogP contribution in [-0.2, 0) is 0 Å². The minimum absolute atomic E-state index is 0.435. The van der Waals surface area contributed by atoms with Gasteiger partial charge in [0.25, 0.3) is 0 Å². The quantitative estimate of drug-likeness (QED) is 0.629. The standard InChI is InChI=1S/C11H13N3/c12-9-14-7-3-4-10(8-14)11-5-1-2-6-13-11/h1-2,5-6,10H,3-4,7-8H2. The van der Waals surface area contributed by atoms with Crippen molar-refractivity contribution in [2.75, 3.05) is 13.1 Å². The molecule has 2 heterocycles. The Balaban J connectivity index is 2.09. The summed E-state index contributed by atoms with van der Waals surface area (Å²) in [4.78, 5) is 6.16. The van der Waals surface area contributed by atoms with Gasteiger partial charge in [-0.05, 0) is 25.0 Å². The topological polar surface area (TPSA) is 39.9 Å². The molecule has 2 rings (SSSR count). The first-order chi connectivity index (χ1) is 6.90. The van der Waals surface area contributed by atoms with Crippen molar-refractivity contribution in [3.05, 3.63) is 30.1 Å². The summed E-state index contributed by atoms with van der Waals surface area (Å²) in [7, 11) is 0. The van der Waals surface area contributed by atoms with E-state index < -0.39 is 0 Å². The fourth-order valence-corrected chi connectivity index (χ4v) is 1.93. The van der Waals surface area contributed by atoms with Crippen molar-refractivity contribution in [1.29, 1.82) is 5.26 Å². The van der Waals surface area contributed by atoms with E-state index >= 15 is 0 Å². The van der Waals surface area contributed by atoms with Crippen molar-refractivity contribution in [2.45, 2.75) is 18.8 Å². The number of nitrogens with zero attached hydrogens (tertiary/aromatic N) is 3. The van der Waals surface area contributed by atoms with Crippen LogP contribution in [0.5, 0.6) is 0 Å². The Labute approximate surface area is 84.0 Å². The summed E-state index contributed by atoms with van der Waals surface area (Å²) in [6, 6.07) is 5.98. The highest BCUT2D eigenvalue weighted by Gasteiger charge is 2.20. The van der Waals surface area contributed by atoms with Crippen LogP contribution >= 0.6 is 0 Å². The van der Waals surface area contributed by atoms with Crippen LogP contribution in [0.1, 0.15) is 24.5 Å². The third kappa shape index (κ3) is 1.85. The second kappa shape index (κ2) is 4.10. The Morgan fingerprint density at radius 1 is 1.50 bits per heavy atom. The average Bonchev–Trinajstić information content (AvgIpc) is 2.30. The van der Waals surface area contributed by atoms with E-state index in [2.05, 4.69) is 11.2 Å². The third-order valence-corrected chi connectivity index (χ3v) is 2.67. The summed E-state index contributed by atoms with van der Waals surface area (Å²) in [5.41, 5.74) is 1.12. The molecule has 1 saturated heterocycles. The Morgan fingerprint density at radius 3 is 3.14 bits per heavy atom. The van der Waals surface area contributed by atoms with Crippen LogP contribution in [0.25, 0.3) is 0 Å². The molecule has 1 aromatic rings. The lowest BCUT2D eigenvalue weighted by Crippen LogP contribution is -2.30. The first kappa shape index (κ1) is 9.01. The molecule has 1 atom stereocenters. The first-order valence-corrected chi connectivity index (χ1v) is 4.96. The number of hydrogen-bond acceptors (Lipinski definition) is 3. The molecule has 0 aliphatic carbocycles. The number of nitriles is 1. The van der Waals surface area contributed by atoms with Crippen LogP contribution in [-0.4, -0.2) is 23.0 Å². The van der Waals surface area contributed by atoms with Crippen molar-refractivity contribution in [3.63, 3.8) is 0 Å². The van der Waals surface area contributed by atoms with Gasteiger partial charge in [0.2, 0.25) is 0 Å². The minimum Gasteiger partial charge on any atom is -0.310 e. The van der Waals surface area contributed by atoms with Crippen molar-refractivity contribution in [1.82, 2.24) is 9.88 Å². The van der Waals surface area contributed by atoms with Crippen molar-refractivity contribution < 1.29 is 0 Å². The summed E-state index contributed by atoms with van der Waals surface area (Å²) in [6.45, 7) is 1.73. The summed E-state index contributed by atoms with van der Waals surface area (Å²) in [5.74, 6) is 0.435. The molecule has 0 spiro atoms. The molecule has 3 nitrogen and oxygen atoms in total. The zero-order chi connectivity index (χ0) is 9.80. The second-order valence-corrected chi connectivity index (χ2v) is 3.64. The zero-order valence-electron chi connectivity index (χ0n) is 8.06. The maximum absolute atomic E-state index is 8.81. The summed E-state index contributed by atoms with van der Waals surface area (Å²) < 4.78 is 0. The second-order valence-electron chi connectivity index (χ2n) is 3.64. The molecule has 1 unspecified atom stereocenters. The highest BCUT2D eigenvalue weighted by Crippen LogP contribution is 2.24. The van der Waals surface area contributed by atoms with E-state index in [4.69, 9.17) is 5.26 Å². The smallest absolute Gasteiger partial charge is 0.179 e. The Morgan fingerprint density at radius 2 is 2.43 bits per heavy atom. The van der Waals surface area contributed by atoms with E-state index in [1.807, 2.05) is 29.3 Å². The van der Waals surface area contributed by atoms with Gasteiger partial charge in [0.1, 0.15) is 0 Å². The van der Waals surface area contributed by atoms with Gasteiger partial charge in [-0.15, -0.1) is 0 Å². The lowest BCUT2D eigenvalue weighted by molar-refractivity contribution is 0.288. The maximum atomic E-state index is 8.81. The molecular formula is C11H13N3. The summed E-state index contributed by atoms with van der Waals surface area (Å²) >= 11 is 0. The van der Waals surface area contributed by atoms with Gasteiger partial charge in [-0.3, -0.25) is 4.98 Å². The molecule has 0 amide bonds.